The van der Waals surface area contributed by atoms with Gasteiger partial charge in [0.2, 0.25) is 10.0 Å². The molecular formula is C12H23NO4S. The zero-order chi connectivity index (χ0) is 14.0. The number of sulfonamides is 1. The molecule has 0 amide bonds. The summed E-state index contributed by atoms with van der Waals surface area (Å²) in [4.78, 5) is 11.4. The molecule has 0 aromatic carbocycles. The van der Waals surface area contributed by atoms with Gasteiger partial charge in [0.05, 0.1) is 11.2 Å². The molecule has 1 atom stereocenters. The molecule has 0 aromatic heterocycles. The van der Waals surface area contributed by atoms with E-state index in [0.717, 1.165) is 6.42 Å². The van der Waals surface area contributed by atoms with Crippen LogP contribution in [0.1, 0.15) is 40.0 Å². The van der Waals surface area contributed by atoms with E-state index in [2.05, 4.69) is 0 Å². The van der Waals surface area contributed by atoms with Crippen molar-refractivity contribution in [1.29, 1.82) is 0 Å². The fourth-order valence-corrected chi connectivity index (χ4v) is 4.09. The van der Waals surface area contributed by atoms with E-state index in [4.69, 9.17) is 0 Å². The number of nitrogens with zero attached hydrogens (tertiary/aromatic N) is 1. The summed E-state index contributed by atoms with van der Waals surface area (Å²) in [5.74, 6) is -0.829. The van der Waals surface area contributed by atoms with Gasteiger partial charge in [-0.3, -0.25) is 4.79 Å². The highest BCUT2D eigenvalue weighted by Gasteiger charge is 2.49. The summed E-state index contributed by atoms with van der Waals surface area (Å²) in [6, 6.07) is 0. The third-order valence-corrected chi connectivity index (χ3v) is 5.85. The average Bonchev–Trinajstić information content (AvgIpc) is 2.73. The fraction of sp³-hybridized carbons (Fsp3) is 0.917. The molecule has 0 aromatic rings. The molecule has 0 bridgehead atoms. The largest absolute Gasteiger partial charge is 0.481 e. The second-order valence-corrected chi connectivity index (χ2v) is 7.46. The van der Waals surface area contributed by atoms with E-state index in [1.54, 1.807) is 0 Å². The Bertz CT molecular complexity index is 404. The summed E-state index contributed by atoms with van der Waals surface area (Å²) in [6.45, 7) is 6.07. The molecule has 0 spiro atoms. The first-order chi connectivity index (χ1) is 8.26. The summed E-state index contributed by atoms with van der Waals surface area (Å²) in [5.41, 5.74) is -0.917. The summed E-state index contributed by atoms with van der Waals surface area (Å²) in [7, 11) is -3.29. The highest BCUT2D eigenvalue weighted by molar-refractivity contribution is 7.89. The molecule has 5 nitrogen and oxygen atoms in total. The third kappa shape index (κ3) is 2.85. The van der Waals surface area contributed by atoms with E-state index in [1.807, 2.05) is 20.8 Å². The van der Waals surface area contributed by atoms with Crippen LogP contribution >= 0.6 is 0 Å². The molecule has 0 aliphatic carbocycles. The summed E-state index contributed by atoms with van der Waals surface area (Å²) in [6.07, 6.45) is 1.85. The van der Waals surface area contributed by atoms with Crippen LogP contribution in [0.2, 0.25) is 0 Å². The Morgan fingerprint density at radius 2 is 2.06 bits per heavy atom. The average molecular weight is 277 g/mol. The normalized spacial score (nSPS) is 25.8. The van der Waals surface area contributed by atoms with Crippen molar-refractivity contribution in [3.05, 3.63) is 0 Å². The Hall–Kier alpha value is -0.620. The predicted molar refractivity (Wildman–Crippen MR) is 69.8 cm³/mol. The van der Waals surface area contributed by atoms with Crippen LogP contribution in [0, 0.1) is 11.3 Å². The minimum absolute atomic E-state index is 0.0682. The Labute approximate surface area is 109 Å². The molecule has 1 rings (SSSR count). The molecule has 1 N–H and O–H groups in total. The highest BCUT2D eigenvalue weighted by Crippen LogP contribution is 2.39. The van der Waals surface area contributed by atoms with Crippen molar-refractivity contribution in [1.82, 2.24) is 4.31 Å². The molecule has 1 aliphatic heterocycles. The molecule has 1 fully saturated rings. The Kier molecular flexibility index (Phi) is 4.78. The van der Waals surface area contributed by atoms with Crippen LogP contribution in [-0.4, -0.2) is 42.6 Å². The molecule has 1 unspecified atom stereocenters. The standard InChI is InChI=1S/C12H23NO4S/c1-4-5-8-18(16,17)13-7-6-12(9-13,10(2)3)11(14)15/h10H,4-9H2,1-3H3,(H,14,15). The third-order valence-electron chi connectivity index (χ3n) is 3.95. The first-order valence-corrected chi connectivity index (χ1v) is 8.08. The summed E-state index contributed by atoms with van der Waals surface area (Å²) >= 11 is 0. The lowest BCUT2D eigenvalue weighted by Gasteiger charge is -2.28. The second kappa shape index (κ2) is 5.57. The molecule has 1 aliphatic rings. The number of carbonyl (C=O) groups is 1. The quantitative estimate of drug-likeness (QED) is 0.799. The first-order valence-electron chi connectivity index (χ1n) is 6.47. The van der Waals surface area contributed by atoms with Gasteiger partial charge in [-0.2, -0.15) is 0 Å². The van der Waals surface area contributed by atoms with Gasteiger partial charge in [0, 0.05) is 13.1 Å². The number of hydrogen-bond acceptors (Lipinski definition) is 3. The van der Waals surface area contributed by atoms with Crippen LogP contribution in [0.25, 0.3) is 0 Å². The van der Waals surface area contributed by atoms with Crippen molar-refractivity contribution in [2.75, 3.05) is 18.8 Å². The van der Waals surface area contributed by atoms with Crippen LogP contribution in [-0.2, 0) is 14.8 Å². The molecule has 1 saturated heterocycles. The Morgan fingerprint density at radius 1 is 1.44 bits per heavy atom. The van der Waals surface area contributed by atoms with Gasteiger partial charge in [-0.25, -0.2) is 12.7 Å². The van der Waals surface area contributed by atoms with Gasteiger partial charge >= 0.3 is 5.97 Å². The van der Waals surface area contributed by atoms with E-state index >= 15 is 0 Å². The molecule has 0 saturated carbocycles. The number of hydrogen-bond donors (Lipinski definition) is 1. The Morgan fingerprint density at radius 3 is 2.44 bits per heavy atom. The Balaban J connectivity index is 2.85. The molecular weight excluding hydrogens is 254 g/mol. The van der Waals surface area contributed by atoms with E-state index in [9.17, 15) is 18.3 Å². The first kappa shape index (κ1) is 15.4. The molecule has 18 heavy (non-hydrogen) atoms. The fourth-order valence-electron chi connectivity index (χ4n) is 2.38. The number of aliphatic carboxylic acids is 1. The maximum Gasteiger partial charge on any atom is 0.311 e. The van der Waals surface area contributed by atoms with Crippen LogP contribution in [0.5, 0.6) is 0 Å². The van der Waals surface area contributed by atoms with Crippen LogP contribution in [0.4, 0.5) is 0 Å². The topological polar surface area (TPSA) is 74.7 Å². The predicted octanol–water partition coefficient (Wildman–Crippen LogP) is 1.55. The molecule has 1 heterocycles. The second-order valence-electron chi connectivity index (χ2n) is 5.37. The van der Waals surface area contributed by atoms with Crippen LogP contribution in [0.15, 0.2) is 0 Å². The van der Waals surface area contributed by atoms with Gasteiger partial charge in [0.25, 0.3) is 0 Å². The number of carboxylic acid groups (broad SMARTS) is 1. The van der Waals surface area contributed by atoms with Crippen LogP contribution in [0.3, 0.4) is 0 Å². The van der Waals surface area contributed by atoms with Gasteiger partial charge in [-0.15, -0.1) is 0 Å². The maximum absolute atomic E-state index is 12.1. The minimum atomic E-state index is -3.29. The minimum Gasteiger partial charge on any atom is -0.481 e. The van der Waals surface area contributed by atoms with Crippen LogP contribution < -0.4 is 0 Å². The van der Waals surface area contributed by atoms with Gasteiger partial charge in [0.1, 0.15) is 0 Å². The molecule has 6 heteroatoms. The van der Waals surface area contributed by atoms with Crippen molar-refractivity contribution in [3.63, 3.8) is 0 Å². The van der Waals surface area contributed by atoms with Gasteiger partial charge in [-0.1, -0.05) is 27.2 Å². The van der Waals surface area contributed by atoms with Crippen molar-refractivity contribution < 1.29 is 18.3 Å². The van der Waals surface area contributed by atoms with Crippen molar-refractivity contribution in [2.24, 2.45) is 11.3 Å². The lowest BCUT2D eigenvalue weighted by Crippen LogP contribution is -2.41. The number of rotatable bonds is 6. The van der Waals surface area contributed by atoms with E-state index in [-0.39, 0.29) is 18.2 Å². The number of unbranched alkanes of at least 4 members (excludes halogenated alkanes) is 1. The maximum atomic E-state index is 12.1. The zero-order valence-electron chi connectivity index (χ0n) is 11.3. The monoisotopic (exact) mass is 277 g/mol. The number of carboxylic acids is 1. The van der Waals surface area contributed by atoms with Crippen molar-refractivity contribution in [3.8, 4) is 0 Å². The van der Waals surface area contributed by atoms with E-state index in [0.29, 0.717) is 19.4 Å². The molecule has 106 valence electrons. The lowest BCUT2D eigenvalue weighted by atomic mass is 9.77. The van der Waals surface area contributed by atoms with E-state index < -0.39 is 21.4 Å². The SMILES string of the molecule is CCCCS(=O)(=O)N1CCC(C(=O)O)(C(C)C)C1. The summed E-state index contributed by atoms with van der Waals surface area (Å²) < 4.78 is 25.5. The van der Waals surface area contributed by atoms with Crippen molar-refractivity contribution in [2.45, 2.75) is 40.0 Å². The summed E-state index contributed by atoms with van der Waals surface area (Å²) in [5, 5.41) is 9.37. The van der Waals surface area contributed by atoms with E-state index in [1.165, 1.54) is 4.31 Å². The highest BCUT2D eigenvalue weighted by atomic mass is 32.2. The zero-order valence-corrected chi connectivity index (χ0v) is 12.2. The van der Waals surface area contributed by atoms with Crippen molar-refractivity contribution >= 4 is 16.0 Å². The lowest BCUT2D eigenvalue weighted by molar-refractivity contribution is -0.150. The van der Waals surface area contributed by atoms with Gasteiger partial charge in [-0.05, 0) is 18.8 Å². The molecule has 0 radical (unpaired) electrons. The smallest absolute Gasteiger partial charge is 0.311 e. The van der Waals surface area contributed by atoms with Gasteiger partial charge in [0.15, 0.2) is 0 Å². The van der Waals surface area contributed by atoms with Gasteiger partial charge < -0.3 is 5.11 Å².